The van der Waals surface area contributed by atoms with Crippen LogP contribution in [0.15, 0.2) is 59.3 Å². The summed E-state index contributed by atoms with van der Waals surface area (Å²) in [6, 6.07) is 8.12. The van der Waals surface area contributed by atoms with Gasteiger partial charge in [0.2, 0.25) is 0 Å². The molecule has 41 heavy (non-hydrogen) atoms. The van der Waals surface area contributed by atoms with Gasteiger partial charge >= 0.3 is 18.0 Å². The highest BCUT2D eigenvalue weighted by Crippen LogP contribution is 2.54. The molecule has 0 spiro atoms. The van der Waals surface area contributed by atoms with Gasteiger partial charge in [-0.3, -0.25) is 14.6 Å². The van der Waals surface area contributed by atoms with Gasteiger partial charge in [0.15, 0.2) is 5.75 Å². The first-order chi connectivity index (χ1) is 19.1. The average molecular weight is 650 g/mol. The number of anilines is 2. The Morgan fingerprint density at radius 3 is 2.10 bits per heavy atom. The Hall–Kier alpha value is -3.68. The number of nitrogens with one attached hydrogen (secondary N) is 1. The van der Waals surface area contributed by atoms with Crippen molar-refractivity contribution >= 4 is 39.1 Å². The number of alkyl halides is 7. The number of aryl methyl sites for hydroxylation is 1. The molecule has 0 aliphatic carbocycles. The lowest BCUT2D eigenvalue weighted by Gasteiger charge is -2.31. The molecule has 2 amide bonds. The summed E-state index contributed by atoms with van der Waals surface area (Å²) in [5.41, 5.74) is -7.24. The summed E-state index contributed by atoms with van der Waals surface area (Å²) >= 11 is 2.89. The normalized spacial score (nSPS) is 12.2. The van der Waals surface area contributed by atoms with Crippen LogP contribution in [0.2, 0.25) is 0 Å². The molecule has 0 saturated carbocycles. The van der Waals surface area contributed by atoms with Gasteiger partial charge in [0.1, 0.15) is 0 Å². The van der Waals surface area contributed by atoms with Crippen LogP contribution < -0.4 is 15.0 Å². The molecule has 0 bridgehead atoms. The molecule has 2 aromatic carbocycles. The number of aromatic nitrogens is 1. The maximum Gasteiger partial charge on any atom is 0.435 e. The van der Waals surface area contributed by atoms with Gasteiger partial charge in [0, 0.05) is 34.5 Å². The van der Waals surface area contributed by atoms with Crippen molar-refractivity contribution in [3.05, 3.63) is 81.6 Å². The smallest absolute Gasteiger partial charge is 0.435 e. The van der Waals surface area contributed by atoms with Gasteiger partial charge in [-0.2, -0.15) is 26.3 Å². The van der Waals surface area contributed by atoms with Crippen molar-refractivity contribution in [2.75, 3.05) is 23.9 Å². The van der Waals surface area contributed by atoms with Crippen molar-refractivity contribution < 1.29 is 45.1 Å². The molecule has 0 saturated heterocycles. The molecule has 3 rings (SSSR count). The zero-order valence-electron chi connectivity index (χ0n) is 21.8. The number of hydrogen-bond acceptors (Lipinski definition) is 4. The lowest BCUT2D eigenvalue weighted by atomic mass is 9.91. The van der Waals surface area contributed by atoms with Crippen LogP contribution in [0.1, 0.15) is 45.7 Å². The lowest BCUT2D eigenvalue weighted by Crippen LogP contribution is -2.50. The van der Waals surface area contributed by atoms with Crippen molar-refractivity contribution in [1.82, 2.24) is 4.98 Å². The molecule has 1 N–H and O–H groups in total. The summed E-state index contributed by atoms with van der Waals surface area (Å²) in [4.78, 5) is 31.7. The molecule has 14 heteroatoms. The third kappa shape index (κ3) is 6.02. The second-order valence-electron chi connectivity index (χ2n) is 8.60. The summed E-state index contributed by atoms with van der Waals surface area (Å²) in [7, 11) is 1.26. The van der Waals surface area contributed by atoms with Gasteiger partial charge in [0.05, 0.1) is 24.0 Å². The van der Waals surface area contributed by atoms with Crippen molar-refractivity contribution in [3.63, 3.8) is 0 Å². The Morgan fingerprint density at radius 1 is 0.976 bits per heavy atom. The molecule has 0 aliphatic rings. The Balaban J connectivity index is 2.06. The number of benzene rings is 2. The van der Waals surface area contributed by atoms with Crippen LogP contribution in [0.4, 0.5) is 42.1 Å². The molecule has 0 aliphatic heterocycles. The van der Waals surface area contributed by atoms with Crippen LogP contribution in [0.3, 0.4) is 0 Å². The zero-order chi connectivity index (χ0) is 30.8. The van der Waals surface area contributed by atoms with E-state index in [9.17, 15) is 40.3 Å². The molecule has 6 nitrogen and oxygen atoms in total. The number of rotatable bonds is 8. The number of amides is 2. The standard InChI is InChI=1S/C27H23BrF7N3O3/c1-4-15-13-17(25(29,26(30,31)32)27(33,34)35)14-19(28)21(15)37-23(39)18-7-6-8-20(22(18)41-3)38(5-2)24(40)16-9-11-36-12-10-16/h6-14H,4-5H2,1-3H3,(H,37,39). The largest absolute Gasteiger partial charge is 0.494 e. The number of carbonyl (C=O) groups is 2. The molecular weight excluding hydrogens is 627 g/mol. The maximum absolute atomic E-state index is 14.7. The number of para-hydroxylation sites is 1. The highest BCUT2D eigenvalue weighted by molar-refractivity contribution is 9.10. The van der Waals surface area contributed by atoms with Crippen molar-refractivity contribution in [2.45, 2.75) is 38.3 Å². The van der Waals surface area contributed by atoms with Crippen LogP contribution in [0.5, 0.6) is 5.75 Å². The predicted octanol–water partition coefficient (Wildman–Crippen LogP) is 7.62. The molecule has 1 heterocycles. The van der Waals surface area contributed by atoms with Gasteiger partial charge in [-0.25, -0.2) is 4.39 Å². The van der Waals surface area contributed by atoms with E-state index in [1.54, 1.807) is 6.92 Å². The van der Waals surface area contributed by atoms with E-state index < -0.39 is 39.9 Å². The van der Waals surface area contributed by atoms with Crippen molar-refractivity contribution in [2.24, 2.45) is 0 Å². The first-order valence-electron chi connectivity index (χ1n) is 12.0. The van der Waals surface area contributed by atoms with Crippen LogP contribution >= 0.6 is 15.9 Å². The lowest BCUT2D eigenvalue weighted by molar-refractivity contribution is -0.348. The number of halogens is 8. The van der Waals surface area contributed by atoms with Crippen LogP contribution in [-0.2, 0) is 12.1 Å². The fourth-order valence-electron chi connectivity index (χ4n) is 4.15. The third-order valence-corrected chi connectivity index (χ3v) is 6.82. The second-order valence-corrected chi connectivity index (χ2v) is 9.45. The zero-order valence-corrected chi connectivity index (χ0v) is 23.3. The minimum atomic E-state index is -6.30. The first kappa shape index (κ1) is 31.8. The van der Waals surface area contributed by atoms with E-state index in [1.807, 2.05) is 0 Å². The van der Waals surface area contributed by atoms with E-state index in [2.05, 4.69) is 26.2 Å². The molecule has 0 unspecified atom stereocenters. The minimum absolute atomic E-state index is 0.0167. The topological polar surface area (TPSA) is 71.5 Å². The number of methoxy groups -OCH3 is 1. The summed E-state index contributed by atoms with van der Waals surface area (Å²) in [5, 5.41) is 2.46. The van der Waals surface area contributed by atoms with E-state index in [0.29, 0.717) is 17.7 Å². The SMILES string of the molecule is CCc1cc(C(F)(C(F)(F)F)C(F)(F)F)cc(Br)c1NC(=O)c1cccc(N(CC)C(=O)c2ccncc2)c1OC. The number of hydrogen-bond donors (Lipinski definition) is 1. The van der Waals surface area contributed by atoms with Gasteiger partial charge in [0.25, 0.3) is 11.8 Å². The van der Waals surface area contributed by atoms with Crippen molar-refractivity contribution in [3.8, 4) is 5.75 Å². The fraction of sp³-hybridized carbons (Fsp3) is 0.296. The molecule has 220 valence electrons. The third-order valence-electron chi connectivity index (χ3n) is 6.19. The van der Waals surface area contributed by atoms with Gasteiger partial charge in [-0.15, -0.1) is 0 Å². The number of nitrogens with zero attached hydrogens (tertiary/aromatic N) is 2. The average Bonchev–Trinajstić information content (AvgIpc) is 2.92. The summed E-state index contributed by atoms with van der Waals surface area (Å²) in [6.07, 6.45) is -9.88. The molecule has 1 aromatic heterocycles. The quantitative estimate of drug-likeness (QED) is 0.255. The Morgan fingerprint density at radius 2 is 1.59 bits per heavy atom. The Labute approximate surface area is 238 Å². The summed E-state index contributed by atoms with van der Waals surface area (Å²) < 4.78 is 99.8. The summed E-state index contributed by atoms with van der Waals surface area (Å²) in [6.45, 7) is 3.29. The van der Waals surface area contributed by atoms with E-state index in [0.717, 1.165) is 0 Å². The van der Waals surface area contributed by atoms with Gasteiger partial charge in [-0.05, 0) is 71.2 Å². The highest BCUT2D eigenvalue weighted by Gasteiger charge is 2.73. The summed E-state index contributed by atoms with van der Waals surface area (Å²) in [5.74, 6) is -1.28. The maximum atomic E-state index is 14.7. The number of carbonyl (C=O) groups excluding carboxylic acids is 2. The van der Waals surface area contributed by atoms with Crippen LogP contribution in [0, 0.1) is 0 Å². The molecule has 0 atom stereocenters. The second kappa shape index (κ2) is 12.0. The van der Waals surface area contributed by atoms with E-state index >= 15 is 0 Å². The van der Waals surface area contributed by atoms with E-state index in [4.69, 9.17) is 4.74 Å². The molecule has 0 fully saturated rings. The minimum Gasteiger partial charge on any atom is -0.494 e. The Kier molecular flexibility index (Phi) is 9.36. The van der Waals surface area contributed by atoms with Crippen LogP contribution in [0.25, 0.3) is 0 Å². The van der Waals surface area contributed by atoms with Crippen LogP contribution in [-0.4, -0.2) is 42.8 Å². The number of ether oxygens (including phenoxy) is 1. The predicted molar refractivity (Wildman–Crippen MR) is 141 cm³/mol. The molecule has 0 radical (unpaired) electrons. The van der Waals surface area contributed by atoms with Gasteiger partial charge in [-0.1, -0.05) is 13.0 Å². The first-order valence-corrected chi connectivity index (χ1v) is 12.8. The fourth-order valence-corrected chi connectivity index (χ4v) is 4.76. The molecule has 3 aromatic rings. The molecular formula is C27H23BrF7N3O3. The van der Waals surface area contributed by atoms with Crippen molar-refractivity contribution in [1.29, 1.82) is 0 Å². The number of pyridine rings is 1. The Bertz CT molecular complexity index is 1420. The van der Waals surface area contributed by atoms with Gasteiger partial charge < -0.3 is 15.0 Å². The van der Waals surface area contributed by atoms with E-state index in [-0.39, 0.29) is 41.2 Å². The monoisotopic (exact) mass is 649 g/mol. The van der Waals surface area contributed by atoms with E-state index in [1.165, 1.54) is 61.7 Å². The highest BCUT2D eigenvalue weighted by atomic mass is 79.9.